The Bertz CT molecular complexity index is 229. The molecule has 0 heterocycles. The van der Waals surface area contributed by atoms with Crippen molar-refractivity contribution in [3.63, 3.8) is 0 Å². The summed E-state index contributed by atoms with van der Waals surface area (Å²) in [6.07, 6.45) is 0. The number of Topliss-reactive ketones (excluding diaryl/α,β-unsaturated/α-hetero) is 1. The van der Waals surface area contributed by atoms with Crippen molar-refractivity contribution in [3.8, 4) is 5.75 Å². The fraction of sp³-hybridized carbons (Fsp3) is 0.111. The average Bonchev–Trinajstić information content (AvgIpc) is 2.03. The van der Waals surface area contributed by atoms with Crippen LogP contribution in [0, 0.1) is 6.92 Å². The number of hydrogen-bond donors (Lipinski definition) is 0. The minimum absolute atomic E-state index is 0.0456. The fourth-order valence-electron chi connectivity index (χ4n) is 0.681. The van der Waals surface area contributed by atoms with Crippen LogP contribution in [0.25, 0.3) is 0 Å². The van der Waals surface area contributed by atoms with Gasteiger partial charge in [-0.15, -0.1) is 0 Å². The first-order valence-corrected chi connectivity index (χ1v) is 3.31. The SMILES string of the molecule is [CH2]C(=O)COc1ccccc1. The second kappa shape index (κ2) is 3.76. The largest absolute Gasteiger partial charge is 0.486 e. The minimum Gasteiger partial charge on any atom is -0.486 e. The van der Waals surface area contributed by atoms with E-state index in [1.54, 1.807) is 12.1 Å². The van der Waals surface area contributed by atoms with Crippen molar-refractivity contribution in [2.24, 2.45) is 0 Å². The zero-order valence-corrected chi connectivity index (χ0v) is 6.12. The van der Waals surface area contributed by atoms with Crippen molar-refractivity contribution in [1.82, 2.24) is 0 Å². The van der Waals surface area contributed by atoms with Crippen molar-refractivity contribution in [2.75, 3.05) is 6.61 Å². The molecule has 0 aliphatic rings. The van der Waals surface area contributed by atoms with Gasteiger partial charge in [-0.1, -0.05) is 18.2 Å². The van der Waals surface area contributed by atoms with E-state index in [-0.39, 0.29) is 12.4 Å². The maximum Gasteiger partial charge on any atom is 0.170 e. The molecule has 1 aromatic carbocycles. The van der Waals surface area contributed by atoms with Gasteiger partial charge in [0.05, 0.1) is 0 Å². The lowest BCUT2D eigenvalue weighted by molar-refractivity contribution is -0.116. The molecule has 0 fully saturated rings. The Labute approximate surface area is 65.8 Å². The molecule has 0 N–H and O–H groups in total. The van der Waals surface area contributed by atoms with Crippen LogP contribution in [0.1, 0.15) is 0 Å². The lowest BCUT2D eigenvalue weighted by Crippen LogP contribution is -2.06. The van der Waals surface area contributed by atoms with Crippen LogP contribution in [0.15, 0.2) is 30.3 Å². The highest BCUT2D eigenvalue weighted by Gasteiger charge is 1.93. The number of ketones is 1. The van der Waals surface area contributed by atoms with Crippen molar-refractivity contribution < 1.29 is 9.53 Å². The summed E-state index contributed by atoms with van der Waals surface area (Å²) in [6, 6.07) is 9.18. The number of carbonyl (C=O) groups is 1. The predicted octanol–water partition coefficient (Wildman–Crippen LogP) is 1.47. The third-order valence-electron chi connectivity index (χ3n) is 1.14. The smallest absolute Gasteiger partial charge is 0.170 e. The topological polar surface area (TPSA) is 26.3 Å². The van der Waals surface area contributed by atoms with Gasteiger partial charge in [-0.05, 0) is 12.1 Å². The molecule has 1 radical (unpaired) electrons. The van der Waals surface area contributed by atoms with Crippen LogP contribution >= 0.6 is 0 Å². The van der Waals surface area contributed by atoms with Crippen molar-refractivity contribution in [1.29, 1.82) is 0 Å². The van der Waals surface area contributed by atoms with E-state index in [2.05, 4.69) is 6.92 Å². The second-order valence-electron chi connectivity index (χ2n) is 2.14. The molecule has 0 atom stereocenters. The number of rotatable bonds is 3. The van der Waals surface area contributed by atoms with Gasteiger partial charge in [-0.25, -0.2) is 0 Å². The van der Waals surface area contributed by atoms with Crippen LogP contribution in [-0.2, 0) is 4.79 Å². The molecule has 1 aromatic rings. The quantitative estimate of drug-likeness (QED) is 0.650. The van der Waals surface area contributed by atoms with E-state index in [0.29, 0.717) is 5.75 Å². The molecule has 0 saturated heterocycles. The second-order valence-corrected chi connectivity index (χ2v) is 2.14. The molecule has 2 nitrogen and oxygen atoms in total. The first-order chi connectivity index (χ1) is 5.29. The summed E-state index contributed by atoms with van der Waals surface area (Å²) >= 11 is 0. The van der Waals surface area contributed by atoms with Gasteiger partial charge in [0, 0.05) is 6.92 Å². The normalized spacial score (nSPS) is 9.18. The predicted molar refractivity (Wildman–Crippen MR) is 42.3 cm³/mol. The van der Waals surface area contributed by atoms with Crippen LogP contribution in [0.5, 0.6) is 5.75 Å². The van der Waals surface area contributed by atoms with Gasteiger partial charge in [0.25, 0.3) is 0 Å². The number of para-hydroxylation sites is 1. The van der Waals surface area contributed by atoms with Crippen molar-refractivity contribution in [3.05, 3.63) is 37.3 Å². The maximum absolute atomic E-state index is 10.4. The third kappa shape index (κ3) is 2.85. The maximum atomic E-state index is 10.4. The third-order valence-corrected chi connectivity index (χ3v) is 1.14. The van der Waals surface area contributed by atoms with E-state index in [1.807, 2.05) is 18.2 Å². The van der Waals surface area contributed by atoms with Gasteiger partial charge >= 0.3 is 0 Å². The van der Waals surface area contributed by atoms with E-state index in [0.717, 1.165) is 0 Å². The summed E-state index contributed by atoms with van der Waals surface area (Å²) in [6.45, 7) is 3.24. The van der Waals surface area contributed by atoms with Crippen LogP contribution in [0.2, 0.25) is 0 Å². The molecule has 11 heavy (non-hydrogen) atoms. The summed E-state index contributed by atoms with van der Waals surface area (Å²) in [5.41, 5.74) is 0. The van der Waals surface area contributed by atoms with E-state index >= 15 is 0 Å². The molecule has 2 heteroatoms. The van der Waals surface area contributed by atoms with Gasteiger partial charge in [-0.3, -0.25) is 4.79 Å². The van der Waals surface area contributed by atoms with Crippen molar-refractivity contribution >= 4 is 5.78 Å². The zero-order chi connectivity index (χ0) is 8.10. The Morgan fingerprint density at radius 3 is 2.55 bits per heavy atom. The Morgan fingerprint density at radius 2 is 2.00 bits per heavy atom. The van der Waals surface area contributed by atoms with E-state index < -0.39 is 0 Å². The summed E-state index contributed by atoms with van der Waals surface area (Å²) in [7, 11) is 0. The molecule has 0 aromatic heterocycles. The number of hydrogen-bond acceptors (Lipinski definition) is 2. The van der Waals surface area contributed by atoms with E-state index in [9.17, 15) is 4.79 Å². The first-order valence-electron chi connectivity index (χ1n) is 3.31. The summed E-state index contributed by atoms with van der Waals surface area (Å²) in [5.74, 6) is 0.485. The van der Waals surface area contributed by atoms with Crippen molar-refractivity contribution in [2.45, 2.75) is 0 Å². The van der Waals surface area contributed by atoms with Gasteiger partial charge in [0.15, 0.2) is 5.78 Å². The monoisotopic (exact) mass is 149 g/mol. The molecule has 0 unspecified atom stereocenters. The molecule has 0 aliphatic carbocycles. The number of ether oxygens (including phenoxy) is 1. The zero-order valence-electron chi connectivity index (χ0n) is 6.12. The summed E-state index contributed by atoms with van der Waals surface area (Å²) in [4.78, 5) is 10.4. The Kier molecular flexibility index (Phi) is 2.66. The van der Waals surface area contributed by atoms with Crippen LogP contribution in [0.3, 0.4) is 0 Å². The van der Waals surface area contributed by atoms with Gasteiger partial charge in [-0.2, -0.15) is 0 Å². The molecule has 1 rings (SSSR count). The molecule has 0 spiro atoms. The van der Waals surface area contributed by atoms with E-state index in [4.69, 9.17) is 4.74 Å². The number of benzene rings is 1. The number of carbonyl (C=O) groups excluding carboxylic acids is 1. The van der Waals surface area contributed by atoms with Crippen LogP contribution in [0.4, 0.5) is 0 Å². The van der Waals surface area contributed by atoms with E-state index in [1.165, 1.54) is 0 Å². The van der Waals surface area contributed by atoms with Crippen LogP contribution < -0.4 is 4.74 Å². The standard InChI is InChI=1S/C9H9O2/c1-8(10)7-11-9-5-3-2-4-6-9/h2-6H,1,7H2. The molecule has 0 saturated carbocycles. The minimum atomic E-state index is -0.214. The molecule has 0 aliphatic heterocycles. The van der Waals surface area contributed by atoms with Gasteiger partial charge in [0.2, 0.25) is 0 Å². The molecule has 0 amide bonds. The van der Waals surface area contributed by atoms with Gasteiger partial charge in [0.1, 0.15) is 12.4 Å². The molecular weight excluding hydrogens is 140 g/mol. The Balaban J connectivity index is 2.45. The average molecular weight is 149 g/mol. The van der Waals surface area contributed by atoms with Gasteiger partial charge < -0.3 is 4.74 Å². The Hall–Kier alpha value is -1.31. The fourth-order valence-corrected chi connectivity index (χ4v) is 0.681. The summed E-state index contributed by atoms with van der Waals surface area (Å²) < 4.78 is 5.06. The van der Waals surface area contributed by atoms with Crippen LogP contribution in [-0.4, -0.2) is 12.4 Å². The first kappa shape index (κ1) is 7.79. The molecule has 0 bridgehead atoms. The molecule has 57 valence electrons. The molecular formula is C9H9O2. The summed E-state index contributed by atoms with van der Waals surface area (Å²) in [5, 5.41) is 0. The highest BCUT2D eigenvalue weighted by molar-refractivity contribution is 5.83. The lowest BCUT2D eigenvalue weighted by atomic mass is 10.3. The Morgan fingerprint density at radius 1 is 1.36 bits per heavy atom. The highest BCUT2D eigenvalue weighted by atomic mass is 16.5. The highest BCUT2D eigenvalue weighted by Crippen LogP contribution is 2.07. The lowest BCUT2D eigenvalue weighted by Gasteiger charge is -2.01.